The van der Waals surface area contributed by atoms with Gasteiger partial charge in [0, 0.05) is 6.42 Å². The number of aromatic nitrogens is 1. The average molecular weight is 195 g/mol. The number of carbonyl (C=O) groups is 1. The molecule has 0 aliphatic carbocycles. The van der Waals surface area contributed by atoms with Crippen molar-refractivity contribution < 1.29 is 14.3 Å². The quantitative estimate of drug-likeness (QED) is 0.684. The summed E-state index contributed by atoms with van der Waals surface area (Å²) in [6.07, 6.45) is 3.88. The zero-order chi connectivity index (χ0) is 10.1. The molecule has 1 atom stereocenters. The highest BCUT2D eigenvalue weighted by atomic mass is 16.6. The first kappa shape index (κ1) is 9.12. The van der Waals surface area contributed by atoms with Crippen molar-refractivity contribution in [3.63, 3.8) is 0 Å². The molecule has 1 unspecified atom stereocenters. The number of fused-ring (bicyclic) bond motifs is 1. The summed E-state index contributed by atoms with van der Waals surface area (Å²) in [6, 6.07) is 0. The summed E-state index contributed by atoms with van der Waals surface area (Å²) in [5, 5.41) is 0. The summed E-state index contributed by atoms with van der Waals surface area (Å²) in [6.45, 7) is 4.30. The molecular weight excluding hydrogens is 182 g/mol. The van der Waals surface area contributed by atoms with E-state index in [1.807, 2.05) is 13.8 Å². The molecule has 1 aromatic heterocycles. The number of carbonyl (C=O) groups excluding carboxylic acids is 1. The van der Waals surface area contributed by atoms with E-state index in [1.165, 1.54) is 4.57 Å². The maximum atomic E-state index is 11.4. The van der Waals surface area contributed by atoms with Gasteiger partial charge in [0.2, 0.25) is 5.91 Å². The average Bonchev–Trinajstić information content (AvgIpc) is 2.59. The Hall–Kier alpha value is -1.45. The maximum Gasteiger partial charge on any atom is 0.230 e. The van der Waals surface area contributed by atoms with E-state index < -0.39 is 0 Å². The van der Waals surface area contributed by atoms with Gasteiger partial charge in [0.1, 0.15) is 12.7 Å². The van der Waals surface area contributed by atoms with Crippen molar-refractivity contribution in [2.24, 2.45) is 0 Å². The Bertz CT molecular complexity index is 356. The second kappa shape index (κ2) is 3.36. The molecule has 1 aliphatic heterocycles. The van der Waals surface area contributed by atoms with Crippen LogP contribution in [-0.4, -0.2) is 23.2 Å². The molecule has 0 radical (unpaired) electrons. The Morgan fingerprint density at radius 3 is 3.00 bits per heavy atom. The molecular formula is C10H13NO3. The molecule has 2 heterocycles. The van der Waals surface area contributed by atoms with E-state index in [2.05, 4.69) is 0 Å². The largest absolute Gasteiger partial charge is 0.484 e. The van der Waals surface area contributed by atoms with Gasteiger partial charge < -0.3 is 9.47 Å². The van der Waals surface area contributed by atoms with Crippen molar-refractivity contribution in [1.29, 1.82) is 0 Å². The maximum absolute atomic E-state index is 11.4. The van der Waals surface area contributed by atoms with E-state index in [-0.39, 0.29) is 12.0 Å². The van der Waals surface area contributed by atoms with Crippen LogP contribution in [-0.2, 0) is 0 Å². The van der Waals surface area contributed by atoms with Crippen LogP contribution < -0.4 is 9.47 Å². The molecule has 0 saturated carbocycles. The van der Waals surface area contributed by atoms with E-state index in [0.29, 0.717) is 24.5 Å². The van der Waals surface area contributed by atoms with Crippen molar-refractivity contribution in [3.05, 3.63) is 12.4 Å². The lowest BCUT2D eigenvalue weighted by molar-refractivity contribution is 0.0908. The fraction of sp³-hybridized carbons (Fsp3) is 0.500. The summed E-state index contributed by atoms with van der Waals surface area (Å²) >= 11 is 0. The number of nitrogens with zero attached hydrogens (tertiary/aromatic N) is 1. The molecule has 2 rings (SSSR count). The number of hydrogen-bond acceptors (Lipinski definition) is 3. The lowest BCUT2D eigenvalue weighted by Crippen LogP contribution is -2.24. The first-order chi connectivity index (χ1) is 6.70. The normalized spacial score (nSPS) is 19.4. The lowest BCUT2D eigenvalue weighted by atomic mass is 10.4. The van der Waals surface area contributed by atoms with Gasteiger partial charge in [-0.3, -0.25) is 9.36 Å². The molecule has 0 N–H and O–H groups in total. The number of rotatable bonds is 1. The fourth-order valence-electron chi connectivity index (χ4n) is 1.40. The monoisotopic (exact) mass is 195 g/mol. The fourth-order valence-corrected chi connectivity index (χ4v) is 1.40. The number of hydrogen-bond donors (Lipinski definition) is 0. The SMILES string of the molecule is CCC(=O)n1cc2c(c1)OC(C)CO2. The van der Waals surface area contributed by atoms with Crippen molar-refractivity contribution >= 4 is 5.91 Å². The highest BCUT2D eigenvalue weighted by Gasteiger charge is 2.20. The van der Waals surface area contributed by atoms with Crippen molar-refractivity contribution in [2.45, 2.75) is 26.4 Å². The summed E-state index contributed by atoms with van der Waals surface area (Å²) < 4.78 is 12.4. The van der Waals surface area contributed by atoms with E-state index in [0.717, 1.165) is 0 Å². The Balaban J connectivity index is 2.27. The van der Waals surface area contributed by atoms with Gasteiger partial charge in [-0.1, -0.05) is 6.92 Å². The van der Waals surface area contributed by atoms with Crippen LogP contribution in [0.4, 0.5) is 0 Å². The third-order valence-electron chi connectivity index (χ3n) is 2.15. The minimum Gasteiger partial charge on any atom is -0.484 e. The van der Waals surface area contributed by atoms with E-state index in [1.54, 1.807) is 12.4 Å². The topological polar surface area (TPSA) is 40.5 Å². The van der Waals surface area contributed by atoms with Gasteiger partial charge in [0.25, 0.3) is 0 Å². The molecule has 0 amide bonds. The van der Waals surface area contributed by atoms with E-state index in [4.69, 9.17) is 9.47 Å². The summed E-state index contributed by atoms with van der Waals surface area (Å²) in [7, 11) is 0. The minimum absolute atomic E-state index is 0.0410. The number of ether oxygens (including phenoxy) is 2. The molecule has 4 heteroatoms. The Morgan fingerprint density at radius 1 is 1.57 bits per heavy atom. The van der Waals surface area contributed by atoms with Gasteiger partial charge in [-0.25, -0.2) is 0 Å². The highest BCUT2D eigenvalue weighted by molar-refractivity contribution is 5.79. The second-order valence-corrected chi connectivity index (χ2v) is 3.38. The van der Waals surface area contributed by atoms with Crippen LogP contribution in [0.2, 0.25) is 0 Å². The summed E-state index contributed by atoms with van der Waals surface area (Å²) in [5.41, 5.74) is 0. The molecule has 0 fully saturated rings. The Morgan fingerprint density at radius 2 is 2.29 bits per heavy atom. The molecule has 0 aromatic carbocycles. The van der Waals surface area contributed by atoms with Crippen LogP contribution in [0.15, 0.2) is 12.4 Å². The van der Waals surface area contributed by atoms with E-state index >= 15 is 0 Å². The molecule has 0 spiro atoms. The molecule has 76 valence electrons. The Kier molecular flexibility index (Phi) is 2.19. The smallest absolute Gasteiger partial charge is 0.230 e. The van der Waals surface area contributed by atoms with Crippen LogP contribution in [0.1, 0.15) is 25.1 Å². The van der Waals surface area contributed by atoms with Crippen molar-refractivity contribution in [2.75, 3.05) is 6.61 Å². The molecule has 14 heavy (non-hydrogen) atoms. The van der Waals surface area contributed by atoms with Crippen LogP contribution in [0.5, 0.6) is 11.5 Å². The zero-order valence-corrected chi connectivity index (χ0v) is 8.32. The second-order valence-electron chi connectivity index (χ2n) is 3.38. The zero-order valence-electron chi connectivity index (χ0n) is 8.32. The third kappa shape index (κ3) is 1.47. The van der Waals surface area contributed by atoms with Gasteiger partial charge in [-0.2, -0.15) is 0 Å². The molecule has 0 bridgehead atoms. The first-order valence-corrected chi connectivity index (χ1v) is 4.75. The minimum atomic E-state index is 0.0410. The summed E-state index contributed by atoms with van der Waals surface area (Å²) in [4.78, 5) is 11.4. The Labute approximate surface area is 82.4 Å². The van der Waals surface area contributed by atoms with Gasteiger partial charge >= 0.3 is 0 Å². The molecule has 1 aliphatic rings. The highest BCUT2D eigenvalue weighted by Crippen LogP contribution is 2.32. The lowest BCUT2D eigenvalue weighted by Gasteiger charge is -2.20. The standard InChI is InChI=1S/C10H13NO3/c1-3-10(12)11-4-8-9(5-11)14-7(2)6-13-8/h4-5,7H,3,6H2,1-2H3. The van der Waals surface area contributed by atoms with Crippen LogP contribution in [0.25, 0.3) is 0 Å². The van der Waals surface area contributed by atoms with Gasteiger partial charge in [-0.15, -0.1) is 0 Å². The predicted octanol–water partition coefficient (Wildman–Crippen LogP) is 1.70. The van der Waals surface area contributed by atoms with Crippen molar-refractivity contribution in [3.8, 4) is 11.5 Å². The van der Waals surface area contributed by atoms with Gasteiger partial charge in [-0.05, 0) is 6.92 Å². The molecule has 1 aromatic rings. The van der Waals surface area contributed by atoms with Crippen LogP contribution in [0, 0.1) is 0 Å². The van der Waals surface area contributed by atoms with E-state index in [9.17, 15) is 4.79 Å². The predicted molar refractivity (Wildman–Crippen MR) is 50.9 cm³/mol. The van der Waals surface area contributed by atoms with Crippen LogP contribution >= 0.6 is 0 Å². The van der Waals surface area contributed by atoms with Gasteiger partial charge in [0.05, 0.1) is 12.4 Å². The first-order valence-electron chi connectivity index (χ1n) is 4.75. The van der Waals surface area contributed by atoms with Gasteiger partial charge in [0.15, 0.2) is 11.5 Å². The third-order valence-corrected chi connectivity index (χ3v) is 2.15. The van der Waals surface area contributed by atoms with Crippen LogP contribution in [0.3, 0.4) is 0 Å². The molecule has 0 saturated heterocycles. The van der Waals surface area contributed by atoms with Crippen molar-refractivity contribution in [1.82, 2.24) is 4.57 Å². The summed E-state index contributed by atoms with van der Waals surface area (Å²) in [5.74, 6) is 1.36. The molecule has 4 nitrogen and oxygen atoms in total.